The Balaban J connectivity index is 2.02. The molecule has 0 aliphatic carbocycles. The molecule has 2 N–H and O–H groups in total. The van der Waals surface area contributed by atoms with Crippen LogP contribution in [0.1, 0.15) is 28.8 Å². The standard InChI is InChI=1S/C15H17NO3S/c17-14(18)5-4-11-2-1-3-12(10-11)15(19)16-13-6-8-20-9-7-13/h1-5,10,13H,6-9H2,(H,16,19)(H,17,18)/b5-4+. The molecular formula is C15H17NO3S. The van der Waals surface area contributed by atoms with E-state index in [-0.39, 0.29) is 11.9 Å². The molecule has 0 bridgehead atoms. The first-order valence-electron chi connectivity index (χ1n) is 6.55. The van der Waals surface area contributed by atoms with E-state index in [4.69, 9.17) is 5.11 Å². The van der Waals surface area contributed by atoms with Crippen LogP contribution in [0.3, 0.4) is 0 Å². The smallest absolute Gasteiger partial charge is 0.328 e. The summed E-state index contributed by atoms with van der Waals surface area (Å²) in [7, 11) is 0. The molecule has 0 unspecified atom stereocenters. The first kappa shape index (κ1) is 14.7. The molecule has 1 aliphatic rings. The summed E-state index contributed by atoms with van der Waals surface area (Å²) in [5.41, 5.74) is 1.27. The third kappa shape index (κ3) is 4.42. The second-order valence-electron chi connectivity index (χ2n) is 4.66. The van der Waals surface area contributed by atoms with Gasteiger partial charge in [0.25, 0.3) is 5.91 Å². The Bertz CT molecular complexity index is 522. The second kappa shape index (κ2) is 7.14. The summed E-state index contributed by atoms with van der Waals surface area (Å²) in [4.78, 5) is 22.6. The van der Waals surface area contributed by atoms with Gasteiger partial charge in [-0.05, 0) is 48.1 Å². The molecule has 0 radical (unpaired) electrons. The van der Waals surface area contributed by atoms with Crippen LogP contribution in [0.2, 0.25) is 0 Å². The van der Waals surface area contributed by atoms with Gasteiger partial charge in [0.15, 0.2) is 0 Å². The molecule has 106 valence electrons. The SMILES string of the molecule is O=C(O)/C=C/c1cccc(C(=O)NC2CCSCC2)c1. The number of rotatable bonds is 4. The van der Waals surface area contributed by atoms with Gasteiger partial charge in [0.05, 0.1) is 0 Å². The average Bonchev–Trinajstić information content (AvgIpc) is 2.46. The number of nitrogens with one attached hydrogen (secondary N) is 1. The van der Waals surface area contributed by atoms with Crippen molar-refractivity contribution in [1.82, 2.24) is 5.32 Å². The first-order chi connectivity index (χ1) is 9.65. The van der Waals surface area contributed by atoms with Crippen molar-refractivity contribution in [3.05, 3.63) is 41.5 Å². The topological polar surface area (TPSA) is 66.4 Å². The molecule has 20 heavy (non-hydrogen) atoms. The minimum absolute atomic E-state index is 0.0903. The van der Waals surface area contributed by atoms with Gasteiger partial charge in [-0.3, -0.25) is 4.79 Å². The predicted octanol–water partition coefficient (Wildman–Crippen LogP) is 2.41. The Hall–Kier alpha value is -1.75. The van der Waals surface area contributed by atoms with Crippen LogP contribution >= 0.6 is 11.8 Å². The number of carbonyl (C=O) groups excluding carboxylic acids is 1. The summed E-state index contributed by atoms with van der Waals surface area (Å²) in [6.45, 7) is 0. The van der Waals surface area contributed by atoms with Crippen LogP contribution in [-0.4, -0.2) is 34.5 Å². The normalized spacial score (nSPS) is 16.2. The number of carboxylic acids is 1. The molecule has 1 aromatic rings. The van der Waals surface area contributed by atoms with Crippen molar-refractivity contribution in [2.45, 2.75) is 18.9 Å². The second-order valence-corrected chi connectivity index (χ2v) is 5.88. The van der Waals surface area contributed by atoms with Gasteiger partial charge < -0.3 is 10.4 Å². The average molecular weight is 291 g/mol. The number of amides is 1. The van der Waals surface area contributed by atoms with E-state index >= 15 is 0 Å². The predicted molar refractivity (Wildman–Crippen MR) is 80.9 cm³/mol. The third-order valence-corrected chi connectivity index (χ3v) is 4.17. The van der Waals surface area contributed by atoms with Crippen molar-refractivity contribution in [2.24, 2.45) is 0 Å². The fraction of sp³-hybridized carbons (Fsp3) is 0.333. The van der Waals surface area contributed by atoms with Crippen LogP contribution in [0, 0.1) is 0 Å². The lowest BCUT2D eigenvalue weighted by Crippen LogP contribution is -2.37. The minimum atomic E-state index is -1.00. The summed E-state index contributed by atoms with van der Waals surface area (Å²) < 4.78 is 0. The van der Waals surface area contributed by atoms with Gasteiger partial charge >= 0.3 is 5.97 Å². The lowest BCUT2D eigenvalue weighted by atomic mass is 10.1. The maximum Gasteiger partial charge on any atom is 0.328 e. The number of thioether (sulfide) groups is 1. The zero-order valence-corrected chi connectivity index (χ0v) is 11.9. The zero-order chi connectivity index (χ0) is 14.4. The van der Waals surface area contributed by atoms with Crippen molar-refractivity contribution >= 4 is 29.7 Å². The number of benzene rings is 1. The van der Waals surface area contributed by atoms with Gasteiger partial charge in [0.2, 0.25) is 0 Å². The minimum Gasteiger partial charge on any atom is -0.478 e. The molecule has 1 aromatic carbocycles. The molecule has 4 nitrogen and oxygen atoms in total. The number of hydrogen-bond acceptors (Lipinski definition) is 3. The fourth-order valence-corrected chi connectivity index (χ4v) is 3.17. The zero-order valence-electron chi connectivity index (χ0n) is 11.0. The first-order valence-corrected chi connectivity index (χ1v) is 7.70. The highest BCUT2D eigenvalue weighted by Crippen LogP contribution is 2.17. The van der Waals surface area contributed by atoms with Crippen LogP contribution in [0.25, 0.3) is 6.08 Å². The molecule has 1 saturated heterocycles. The van der Waals surface area contributed by atoms with E-state index in [1.54, 1.807) is 24.3 Å². The Kier molecular flexibility index (Phi) is 5.24. The number of carbonyl (C=O) groups is 2. The van der Waals surface area contributed by atoms with E-state index in [0.29, 0.717) is 11.1 Å². The summed E-state index contributed by atoms with van der Waals surface area (Å²) in [5, 5.41) is 11.6. The molecule has 1 amide bonds. The largest absolute Gasteiger partial charge is 0.478 e. The van der Waals surface area contributed by atoms with Crippen molar-refractivity contribution in [2.75, 3.05) is 11.5 Å². The lowest BCUT2D eigenvalue weighted by molar-refractivity contribution is -0.131. The maximum absolute atomic E-state index is 12.1. The van der Waals surface area contributed by atoms with Crippen molar-refractivity contribution in [3.8, 4) is 0 Å². The van der Waals surface area contributed by atoms with E-state index < -0.39 is 5.97 Å². The van der Waals surface area contributed by atoms with Crippen molar-refractivity contribution in [1.29, 1.82) is 0 Å². The summed E-state index contributed by atoms with van der Waals surface area (Å²) in [6, 6.07) is 7.22. The van der Waals surface area contributed by atoms with Gasteiger partial charge in [-0.15, -0.1) is 0 Å². The lowest BCUT2D eigenvalue weighted by Gasteiger charge is -2.22. The fourth-order valence-electron chi connectivity index (χ4n) is 2.06. The Morgan fingerprint density at radius 1 is 1.30 bits per heavy atom. The number of hydrogen-bond donors (Lipinski definition) is 2. The Morgan fingerprint density at radius 3 is 2.75 bits per heavy atom. The maximum atomic E-state index is 12.1. The summed E-state index contributed by atoms with van der Waals surface area (Å²) >= 11 is 1.92. The molecule has 1 aliphatic heterocycles. The number of aliphatic carboxylic acids is 1. The van der Waals surface area contributed by atoms with Crippen molar-refractivity contribution < 1.29 is 14.7 Å². The third-order valence-electron chi connectivity index (χ3n) is 3.12. The van der Waals surface area contributed by atoms with Crippen LogP contribution < -0.4 is 5.32 Å². The molecule has 0 aromatic heterocycles. The quantitative estimate of drug-likeness (QED) is 0.836. The van der Waals surface area contributed by atoms with Crippen molar-refractivity contribution in [3.63, 3.8) is 0 Å². The van der Waals surface area contributed by atoms with Gasteiger partial charge in [-0.1, -0.05) is 12.1 Å². The van der Waals surface area contributed by atoms with E-state index in [9.17, 15) is 9.59 Å². The summed E-state index contributed by atoms with van der Waals surface area (Å²) in [5.74, 6) is 1.09. The highest BCUT2D eigenvalue weighted by molar-refractivity contribution is 7.99. The van der Waals surface area contributed by atoms with Gasteiger partial charge in [0.1, 0.15) is 0 Å². The van der Waals surface area contributed by atoms with E-state index in [0.717, 1.165) is 30.4 Å². The van der Waals surface area contributed by atoms with Crippen LogP contribution in [0.15, 0.2) is 30.3 Å². The number of carboxylic acid groups (broad SMARTS) is 1. The van der Waals surface area contributed by atoms with Gasteiger partial charge in [-0.2, -0.15) is 11.8 Å². The van der Waals surface area contributed by atoms with Crippen LogP contribution in [0.5, 0.6) is 0 Å². The van der Waals surface area contributed by atoms with Crippen LogP contribution in [0.4, 0.5) is 0 Å². The molecular weight excluding hydrogens is 274 g/mol. The molecule has 1 fully saturated rings. The molecule has 5 heteroatoms. The van der Waals surface area contributed by atoms with Gasteiger partial charge in [-0.25, -0.2) is 4.79 Å². The van der Waals surface area contributed by atoms with Gasteiger partial charge in [0, 0.05) is 17.7 Å². The summed E-state index contributed by atoms with van der Waals surface area (Å²) in [6.07, 6.45) is 4.57. The molecule has 0 saturated carbocycles. The highest BCUT2D eigenvalue weighted by atomic mass is 32.2. The molecule has 2 rings (SSSR count). The molecule has 0 spiro atoms. The Morgan fingerprint density at radius 2 is 2.05 bits per heavy atom. The van der Waals surface area contributed by atoms with Crippen LogP contribution in [-0.2, 0) is 4.79 Å². The monoisotopic (exact) mass is 291 g/mol. The molecule has 1 heterocycles. The van der Waals surface area contributed by atoms with E-state index in [1.807, 2.05) is 11.8 Å². The Labute approximate surface area is 122 Å². The van der Waals surface area contributed by atoms with E-state index in [1.165, 1.54) is 6.08 Å². The highest BCUT2D eigenvalue weighted by Gasteiger charge is 2.16. The molecule has 0 atom stereocenters. The van der Waals surface area contributed by atoms with E-state index in [2.05, 4.69) is 5.32 Å².